The van der Waals surface area contributed by atoms with Gasteiger partial charge in [-0.1, -0.05) is 66.7 Å². The number of benzene rings is 3. The van der Waals surface area contributed by atoms with Crippen LogP contribution in [-0.2, 0) is 16.1 Å². The van der Waals surface area contributed by atoms with Crippen molar-refractivity contribution in [2.24, 2.45) is 0 Å². The number of hydrogen-bond donors (Lipinski definition) is 3. The van der Waals surface area contributed by atoms with Crippen LogP contribution in [0.1, 0.15) is 54.1 Å². The van der Waals surface area contributed by atoms with Crippen molar-refractivity contribution in [1.29, 1.82) is 0 Å². The van der Waals surface area contributed by atoms with Crippen molar-refractivity contribution in [2.45, 2.75) is 50.6 Å². The Labute approximate surface area is 201 Å². The van der Waals surface area contributed by atoms with Gasteiger partial charge in [0, 0.05) is 30.3 Å². The lowest BCUT2D eigenvalue weighted by molar-refractivity contribution is -0.253. The Morgan fingerprint density at radius 3 is 2.38 bits per heavy atom. The molecule has 0 aromatic heterocycles. The van der Waals surface area contributed by atoms with E-state index in [1.807, 2.05) is 92.8 Å². The molecule has 6 nitrogen and oxygen atoms in total. The SMILES string of the molecule is CC(C(O)c1ccccc1)N(C)CC1CC(c2ccc(CO)cc2)OC(c2cccc(N)c2)O1. The molecule has 1 heterocycles. The van der Waals surface area contributed by atoms with Gasteiger partial charge in [0.2, 0.25) is 0 Å². The van der Waals surface area contributed by atoms with Gasteiger partial charge < -0.3 is 25.4 Å². The van der Waals surface area contributed by atoms with Gasteiger partial charge in [-0.2, -0.15) is 0 Å². The van der Waals surface area contributed by atoms with Gasteiger partial charge in [0.05, 0.1) is 24.9 Å². The maximum atomic E-state index is 10.9. The van der Waals surface area contributed by atoms with E-state index in [2.05, 4.69) is 4.90 Å². The summed E-state index contributed by atoms with van der Waals surface area (Å²) in [6.45, 7) is 2.67. The molecule has 0 spiro atoms. The second-order valence-electron chi connectivity index (χ2n) is 9.06. The van der Waals surface area contributed by atoms with E-state index in [0.29, 0.717) is 18.7 Å². The quantitative estimate of drug-likeness (QED) is 0.431. The smallest absolute Gasteiger partial charge is 0.185 e. The van der Waals surface area contributed by atoms with Crippen molar-refractivity contribution in [1.82, 2.24) is 4.90 Å². The summed E-state index contributed by atoms with van der Waals surface area (Å²) in [6, 6.07) is 25.0. The van der Waals surface area contributed by atoms with Crippen molar-refractivity contribution in [2.75, 3.05) is 19.3 Å². The first-order valence-electron chi connectivity index (χ1n) is 11.7. The molecule has 0 aliphatic carbocycles. The maximum Gasteiger partial charge on any atom is 0.185 e. The summed E-state index contributed by atoms with van der Waals surface area (Å²) in [5.74, 6) is 0. The molecule has 5 unspecified atom stereocenters. The summed E-state index contributed by atoms with van der Waals surface area (Å²) in [5, 5.41) is 20.3. The van der Waals surface area contributed by atoms with Crippen molar-refractivity contribution in [3.8, 4) is 0 Å². The summed E-state index contributed by atoms with van der Waals surface area (Å²) in [7, 11) is 2.01. The maximum absolute atomic E-state index is 10.9. The molecule has 1 saturated heterocycles. The molecule has 0 saturated carbocycles. The van der Waals surface area contributed by atoms with Gasteiger partial charge in [0.15, 0.2) is 6.29 Å². The standard InChI is InChI=1S/C28H34N2O4/c1-19(27(32)22-7-4-3-5-8-22)30(2)17-25-16-26(21-13-11-20(18-31)12-14-21)34-28(33-25)23-9-6-10-24(29)15-23/h3-15,19,25-28,31-32H,16-18,29H2,1-2H3. The van der Waals surface area contributed by atoms with Crippen molar-refractivity contribution in [3.63, 3.8) is 0 Å². The van der Waals surface area contributed by atoms with Gasteiger partial charge in [0.25, 0.3) is 0 Å². The monoisotopic (exact) mass is 462 g/mol. The van der Waals surface area contributed by atoms with Gasteiger partial charge >= 0.3 is 0 Å². The first-order valence-corrected chi connectivity index (χ1v) is 11.7. The lowest BCUT2D eigenvalue weighted by Gasteiger charge is -2.39. The van der Waals surface area contributed by atoms with E-state index in [-0.39, 0.29) is 24.9 Å². The van der Waals surface area contributed by atoms with E-state index in [4.69, 9.17) is 15.2 Å². The van der Waals surface area contributed by atoms with Crippen LogP contribution < -0.4 is 5.73 Å². The number of aliphatic hydroxyl groups excluding tert-OH is 2. The van der Waals surface area contributed by atoms with Crippen molar-refractivity contribution in [3.05, 3.63) is 101 Å². The largest absolute Gasteiger partial charge is 0.399 e. The van der Waals surface area contributed by atoms with Gasteiger partial charge in [-0.25, -0.2) is 0 Å². The minimum Gasteiger partial charge on any atom is -0.399 e. The molecule has 34 heavy (non-hydrogen) atoms. The molecular formula is C28H34N2O4. The Morgan fingerprint density at radius 2 is 1.71 bits per heavy atom. The van der Waals surface area contributed by atoms with Crippen LogP contribution in [0.2, 0.25) is 0 Å². The van der Waals surface area contributed by atoms with E-state index in [0.717, 1.165) is 22.3 Å². The number of nitrogens with zero attached hydrogens (tertiary/aromatic N) is 1. The fourth-order valence-electron chi connectivity index (χ4n) is 4.40. The van der Waals surface area contributed by atoms with Crippen LogP contribution in [0.4, 0.5) is 5.69 Å². The third-order valence-corrected chi connectivity index (χ3v) is 6.58. The predicted molar refractivity (Wildman–Crippen MR) is 133 cm³/mol. The molecule has 1 aliphatic rings. The minimum absolute atomic E-state index is 0.00980. The molecule has 5 atom stereocenters. The van der Waals surface area contributed by atoms with Gasteiger partial charge in [-0.3, -0.25) is 4.90 Å². The number of anilines is 1. The zero-order valence-electron chi connectivity index (χ0n) is 19.7. The highest BCUT2D eigenvalue weighted by molar-refractivity contribution is 5.41. The van der Waals surface area contributed by atoms with E-state index < -0.39 is 12.4 Å². The molecule has 0 radical (unpaired) electrons. The number of likely N-dealkylation sites (N-methyl/N-ethyl adjacent to an activating group) is 1. The number of ether oxygens (including phenoxy) is 2. The van der Waals surface area contributed by atoms with Crippen LogP contribution in [0.15, 0.2) is 78.9 Å². The van der Waals surface area contributed by atoms with Crippen molar-refractivity contribution < 1.29 is 19.7 Å². The first kappa shape index (κ1) is 24.4. The molecule has 3 aromatic rings. The molecule has 1 fully saturated rings. The zero-order chi connectivity index (χ0) is 24.1. The third-order valence-electron chi connectivity index (χ3n) is 6.58. The molecule has 180 valence electrons. The molecule has 3 aromatic carbocycles. The third kappa shape index (κ3) is 5.84. The molecule has 4 N–H and O–H groups in total. The Bertz CT molecular complexity index is 1040. The summed E-state index contributed by atoms with van der Waals surface area (Å²) < 4.78 is 12.8. The second kappa shape index (κ2) is 11.1. The average molecular weight is 463 g/mol. The van der Waals surface area contributed by atoms with Crippen LogP contribution in [0.5, 0.6) is 0 Å². The van der Waals surface area contributed by atoms with Crippen LogP contribution >= 0.6 is 0 Å². The minimum atomic E-state index is -0.599. The van der Waals surface area contributed by atoms with Crippen LogP contribution in [0, 0.1) is 0 Å². The van der Waals surface area contributed by atoms with Crippen LogP contribution in [0.25, 0.3) is 0 Å². The van der Waals surface area contributed by atoms with Gasteiger partial charge in [-0.05, 0) is 42.8 Å². The second-order valence-corrected chi connectivity index (χ2v) is 9.06. The summed E-state index contributed by atoms with van der Waals surface area (Å²) in [6.07, 6.45) is -0.751. The molecule has 4 rings (SSSR count). The average Bonchev–Trinajstić information content (AvgIpc) is 2.88. The molecule has 6 heteroatoms. The van der Waals surface area contributed by atoms with E-state index >= 15 is 0 Å². The van der Waals surface area contributed by atoms with Gasteiger partial charge in [-0.15, -0.1) is 0 Å². The molecular weight excluding hydrogens is 428 g/mol. The highest BCUT2D eigenvalue weighted by Crippen LogP contribution is 2.38. The molecule has 0 bridgehead atoms. The summed E-state index contributed by atoms with van der Waals surface area (Å²) in [4.78, 5) is 2.13. The topological polar surface area (TPSA) is 88.2 Å². The first-order chi connectivity index (χ1) is 16.4. The highest BCUT2D eigenvalue weighted by atomic mass is 16.7. The Kier molecular flexibility index (Phi) is 7.98. The van der Waals surface area contributed by atoms with Crippen LogP contribution in [0.3, 0.4) is 0 Å². The lowest BCUT2D eigenvalue weighted by Crippen LogP contribution is -2.43. The number of nitrogens with two attached hydrogens (primary N) is 1. The van der Waals surface area contributed by atoms with E-state index in [1.54, 1.807) is 0 Å². The fourth-order valence-corrected chi connectivity index (χ4v) is 4.40. The number of nitrogen functional groups attached to an aromatic ring is 1. The summed E-state index contributed by atoms with van der Waals surface area (Å²) in [5.41, 5.74) is 10.4. The highest BCUT2D eigenvalue weighted by Gasteiger charge is 2.34. The van der Waals surface area contributed by atoms with E-state index in [9.17, 15) is 10.2 Å². The Balaban J connectivity index is 1.52. The number of aliphatic hydroxyl groups is 2. The number of rotatable bonds is 8. The molecule has 1 aliphatic heterocycles. The zero-order valence-corrected chi connectivity index (χ0v) is 19.7. The Hall–Kier alpha value is -2.74. The number of hydrogen-bond acceptors (Lipinski definition) is 6. The summed E-state index contributed by atoms with van der Waals surface area (Å²) >= 11 is 0. The Morgan fingerprint density at radius 1 is 0.971 bits per heavy atom. The normalized spacial score (nSPS) is 22.4. The van der Waals surface area contributed by atoms with E-state index in [1.165, 1.54) is 0 Å². The van der Waals surface area contributed by atoms with Gasteiger partial charge in [0.1, 0.15) is 0 Å². The predicted octanol–water partition coefficient (Wildman–Crippen LogP) is 4.36. The molecule has 0 amide bonds. The lowest BCUT2D eigenvalue weighted by atomic mass is 9.98. The fraction of sp³-hybridized carbons (Fsp3) is 0.357. The van der Waals surface area contributed by atoms with Crippen LogP contribution in [-0.4, -0.2) is 40.9 Å². The van der Waals surface area contributed by atoms with Crippen molar-refractivity contribution >= 4 is 5.69 Å².